The molecule has 0 amide bonds. The van der Waals surface area contributed by atoms with E-state index in [9.17, 15) is 4.79 Å². The van der Waals surface area contributed by atoms with E-state index in [1.54, 1.807) is 6.08 Å². The SMILES string of the molecule is COC1(OC)C(Cl)=C(Cl)C(=O)C1(Cl)/C=C(/I)CI. The van der Waals surface area contributed by atoms with E-state index in [-0.39, 0.29) is 10.1 Å². The average molecular weight is 537 g/mol. The quantitative estimate of drug-likeness (QED) is 0.310. The third kappa shape index (κ3) is 2.48. The van der Waals surface area contributed by atoms with Gasteiger partial charge in [-0.1, -0.05) is 57.4 Å². The van der Waals surface area contributed by atoms with Crippen LogP contribution in [0.4, 0.5) is 0 Å². The topological polar surface area (TPSA) is 35.5 Å². The molecule has 0 spiro atoms. The van der Waals surface area contributed by atoms with Crippen LogP contribution in [0.25, 0.3) is 0 Å². The summed E-state index contributed by atoms with van der Waals surface area (Å²) in [5.41, 5.74) is 0. The largest absolute Gasteiger partial charge is 0.347 e. The standard InChI is InChI=1S/C10H9Cl3I2O3/c1-17-10(18-2)7(12)6(11)8(16)9(10,13)3-5(15)4-14/h3H,4H2,1-2H3/b5-3+. The molecule has 1 atom stereocenters. The van der Waals surface area contributed by atoms with E-state index in [2.05, 4.69) is 45.2 Å². The monoisotopic (exact) mass is 536 g/mol. The predicted molar refractivity (Wildman–Crippen MR) is 90.1 cm³/mol. The number of ketones is 1. The Kier molecular flexibility index (Phi) is 6.25. The second-order valence-corrected chi connectivity index (χ2v) is 6.92. The Hall–Kier alpha value is 1.40. The number of hydrogen-bond donors (Lipinski definition) is 0. The molecule has 0 saturated heterocycles. The molecule has 0 aromatic heterocycles. The molecule has 1 rings (SSSR count). The summed E-state index contributed by atoms with van der Waals surface area (Å²) in [6, 6.07) is 0. The zero-order valence-electron chi connectivity index (χ0n) is 9.40. The Balaban J connectivity index is 3.48. The highest BCUT2D eigenvalue weighted by atomic mass is 127. The minimum absolute atomic E-state index is 0.0388. The Labute approximate surface area is 147 Å². The van der Waals surface area contributed by atoms with Crippen LogP contribution in [0.3, 0.4) is 0 Å². The fourth-order valence-corrected chi connectivity index (χ4v) is 3.79. The van der Waals surface area contributed by atoms with Crippen LogP contribution < -0.4 is 0 Å². The van der Waals surface area contributed by atoms with Crippen LogP contribution in [0.15, 0.2) is 19.7 Å². The second-order valence-electron chi connectivity index (χ2n) is 3.42. The number of rotatable bonds is 4. The molecular formula is C10H9Cl3I2O3. The molecule has 0 aromatic rings. The smallest absolute Gasteiger partial charge is 0.238 e. The highest BCUT2D eigenvalue weighted by Gasteiger charge is 2.65. The van der Waals surface area contributed by atoms with Crippen molar-refractivity contribution < 1.29 is 14.3 Å². The fourth-order valence-electron chi connectivity index (χ4n) is 1.69. The maximum Gasteiger partial charge on any atom is 0.238 e. The van der Waals surface area contributed by atoms with Crippen molar-refractivity contribution in [3.05, 3.63) is 19.7 Å². The molecule has 1 aliphatic rings. The lowest BCUT2D eigenvalue weighted by molar-refractivity contribution is -0.184. The number of carbonyl (C=O) groups is 1. The Morgan fingerprint density at radius 2 is 1.89 bits per heavy atom. The van der Waals surface area contributed by atoms with E-state index >= 15 is 0 Å². The summed E-state index contributed by atoms with van der Waals surface area (Å²) in [6.07, 6.45) is 1.56. The van der Waals surface area contributed by atoms with Crippen LogP contribution in [0, 0.1) is 0 Å². The lowest BCUT2D eigenvalue weighted by Crippen LogP contribution is -2.53. The molecule has 1 aliphatic carbocycles. The van der Waals surface area contributed by atoms with Gasteiger partial charge in [0.2, 0.25) is 11.6 Å². The van der Waals surface area contributed by atoms with Gasteiger partial charge in [-0.15, -0.1) is 0 Å². The van der Waals surface area contributed by atoms with Crippen LogP contribution in [0.5, 0.6) is 0 Å². The van der Waals surface area contributed by atoms with E-state index in [1.165, 1.54) is 14.2 Å². The highest BCUT2D eigenvalue weighted by molar-refractivity contribution is 14.1. The van der Waals surface area contributed by atoms with Gasteiger partial charge in [0.25, 0.3) is 0 Å². The summed E-state index contributed by atoms with van der Waals surface area (Å²) >= 11 is 22.6. The Bertz CT molecular complexity index is 432. The Morgan fingerprint density at radius 3 is 2.28 bits per heavy atom. The van der Waals surface area contributed by atoms with Gasteiger partial charge in [0.05, 0.1) is 0 Å². The van der Waals surface area contributed by atoms with Crippen LogP contribution in [0.1, 0.15) is 0 Å². The normalized spacial score (nSPS) is 28.2. The van der Waals surface area contributed by atoms with Crippen molar-refractivity contribution in [3.63, 3.8) is 0 Å². The molecule has 0 aliphatic heterocycles. The molecule has 0 aromatic carbocycles. The van der Waals surface area contributed by atoms with Crippen molar-refractivity contribution in [2.75, 3.05) is 18.6 Å². The summed E-state index contributed by atoms with van der Waals surface area (Å²) in [6.45, 7) is 0. The van der Waals surface area contributed by atoms with Crippen molar-refractivity contribution in [2.24, 2.45) is 0 Å². The van der Waals surface area contributed by atoms with Crippen LogP contribution in [-0.2, 0) is 14.3 Å². The molecular weight excluding hydrogens is 528 g/mol. The number of ether oxygens (including phenoxy) is 2. The van der Waals surface area contributed by atoms with Crippen molar-refractivity contribution in [3.8, 4) is 0 Å². The molecule has 1 unspecified atom stereocenters. The van der Waals surface area contributed by atoms with Gasteiger partial charge in [-0.25, -0.2) is 0 Å². The zero-order chi connectivity index (χ0) is 14.1. The summed E-state index contributed by atoms with van der Waals surface area (Å²) in [5, 5.41) is -0.202. The molecule has 0 heterocycles. The van der Waals surface area contributed by atoms with Gasteiger partial charge in [-0.05, 0) is 32.2 Å². The number of halogens is 5. The van der Waals surface area contributed by atoms with E-state index in [0.717, 1.165) is 3.58 Å². The number of hydrogen-bond acceptors (Lipinski definition) is 3. The fraction of sp³-hybridized carbons (Fsp3) is 0.500. The first-order valence-corrected chi connectivity index (χ1v) is 8.37. The molecule has 0 bridgehead atoms. The lowest BCUT2D eigenvalue weighted by Gasteiger charge is -2.36. The number of carbonyl (C=O) groups excluding carboxylic acids is 1. The maximum atomic E-state index is 12.2. The van der Waals surface area contributed by atoms with E-state index in [4.69, 9.17) is 44.3 Å². The number of methoxy groups -OCH3 is 2. The molecule has 0 saturated carbocycles. The average Bonchev–Trinajstić information content (AvgIpc) is 2.50. The molecule has 18 heavy (non-hydrogen) atoms. The minimum atomic E-state index is -1.59. The molecule has 0 radical (unpaired) electrons. The van der Waals surface area contributed by atoms with Gasteiger partial charge in [0.15, 0.2) is 4.87 Å². The number of allylic oxidation sites excluding steroid dienone is 2. The first-order chi connectivity index (χ1) is 8.30. The van der Waals surface area contributed by atoms with Crippen LogP contribution in [-0.4, -0.2) is 35.1 Å². The van der Waals surface area contributed by atoms with E-state index in [1.807, 2.05) is 0 Å². The van der Waals surface area contributed by atoms with E-state index < -0.39 is 16.4 Å². The molecule has 3 nitrogen and oxygen atoms in total. The summed E-state index contributed by atoms with van der Waals surface area (Å²) in [4.78, 5) is 10.6. The number of Topliss-reactive ketones (excluding diaryl/α,β-unsaturated/α-hetero) is 1. The predicted octanol–water partition coefficient (Wildman–Crippen LogP) is 3.98. The summed E-state index contributed by atoms with van der Waals surface area (Å²) in [5.74, 6) is -2.12. The zero-order valence-corrected chi connectivity index (χ0v) is 16.0. The van der Waals surface area contributed by atoms with Crippen molar-refractivity contribution in [1.29, 1.82) is 0 Å². The summed E-state index contributed by atoms with van der Waals surface area (Å²) in [7, 11) is 2.72. The third-order valence-corrected chi connectivity index (χ3v) is 6.95. The van der Waals surface area contributed by atoms with Crippen molar-refractivity contribution >= 4 is 85.8 Å². The van der Waals surface area contributed by atoms with Crippen LogP contribution in [0.2, 0.25) is 0 Å². The van der Waals surface area contributed by atoms with E-state index in [0.29, 0.717) is 4.43 Å². The van der Waals surface area contributed by atoms with Gasteiger partial charge in [-0.3, -0.25) is 4.79 Å². The lowest BCUT2D eigenvalue weighted by atomic mass is 9.98. The molecule has 0 fully saturated rings. The van der Waals surface area contributed by atoms with Gasteiger partial charge < -0.3 is 9.47 Å². The third-order valence-electron chi connectivity index (χ3n) is 2.55. The number of alkyl halides is 2. The second kappa shape index (κ2) is 6.44. The maximum absolute atomic E-state index is 12.2. The van der Waals surface area contributed by atoms with Crippen molar-refractivity contribution in [1.82, 2.24) is 0 Å². The van der Waals surface area contributed by atoms with Crippen molar-refractivity contribution in [2.45, 2.75) is 10.7 Å². The molecule has 102 valence electrons. The Morgan fingerprint density at radius 1 is 1.39 bits per heavy atom. The van der Waals surface area contributed by atoms with Gasteiger partial charge in [0.1, 0.15) is 10.1 Å². The van der Waals surface area contributed by atoms with Gasteiger partial charge >= 0.3 is 0 Å². The van der Waals surface area contributed by atoms with Gasteiger partial charge in [0, 0.05) is 18.6 Å². The first kappa shape index (κ1) is 17.5. The summed E-state index contributed by atoms with van der Waals surface area (Å²) < 4.78 is 12.1. The van der Waals surface area contributed by atoms with Crippen LogP contribution >= 0.6 is 80.0 Å². The van der Waals surface area contributed by atoms with Gasteiger partial charge in [-0.2, -0.15) is 0 Å². The highest BCUT2D eigenvalue weighted by Crippen LogP contribution is 2.52. The molecule has 0 N–H and O–H groups in total. The molecule has 8 heteroatoms. The first-order valence-electron chi connectivity index (χ1n) is 4.63. The minimum Gasteiger partial charge on any atom is -0.347 e.